The number of hydrogen-bond donors (Lipinski definition) is 1. The standard InChI is InChI=1S/C14H8ClF5O/c15-10-6-12(17)11(16)5-8(10)13(21)7-3-1-2-4-9(7)14(18,19)20/h1-6,13,21H. The van der Waals surface area contributed by atoms with Gasteiger partial charge in [0.2, 0.25) is 0 Å². The van der Waals surface area contributed by atoms with E-state index >= 15 is 0 Å². The largest absolute Gasteiger partial charge is 0.416 e. The molecule has 0 saturated heterocycles. The minimum Gasteiger partial charge on any atom is -0.384 e. The summed E-state index contributed by atoms with van der Waals surface area (Å²) >= 11 is 5.66. The fourth-order valence-corrected chi connectivity index (χ4v) is 2.16. The number of aliphatic hydroxyl groups excluding tert-OH is 1. The van der Waals surface area contributed by atoms with Crippen LogP contribution < -0.4 is 0 Å². The number of hydrogen-bond acceptors (Lipinski definition) is 1. The average Bonchev–Trinajstić information content (AvgIpc) is 2.41. The second-order valence-electron chi connectivity index (χ2n) is 4.28. The Kier molecular flexibility index (Phi) is 4.20. The van der Waals surface area contributed by atoms with Crippen molar-refractivity contribution in [1.82, 2.24) is 0 Å². The molecule has 0 amide bonds. The Morgan fingerprint density at radius 3 is 2.14 bits per heavy atom. The van der Waals surface area contributed by atoms with Gasteiger partial charge in [-0.1, -0.05) is 29.8 Å². The fraction of sp³-hybridized carbons (Fsp3) is 0.143. The summed E-state index contributed by atoms with van der Waals surface area (Å²) in [7, 11) is 0. The highest BCUT2D eigenvalue weighted by Gasteiger charge is 2.35. The molecule has 1 atom stereocenters. The van der Waals surface area contributed by atoms with Crippen LogP contribution in [0.1, 0.15) is 22.8 Å². The highest BCUT2D eigenvalue weighted by molar-refractivity contribution is 6.31. The average molecular weight is 323 g/mol. The molecule has 0 fully saturated rings. The lowest BCUT2D eigenvalue weighted by molar-refractivity contribution is -0.139. The van der Waals surface area contributed by atoms with E-state index in [2.05, 4.69) is 0 Å². The number of rotatable bonds is 2. The first-order valence-electron chi connectivity index (χ1n) is 5.70. The number of aliphatic hydroxyl groups is 1. The van der Waals surface area contributed by atoms with E-state index in [0.717, 1.165) is 18.2 Å². The van der Waals surface area contributed by atoms with Crippen molar-refractivity contribution in [3.05, 3.63) is 69.7 Å². The fourth-order valence-electron chi connectivity index (χ4n) is 1.91. The quantitative estimate of drug-likeness (QED) is 0.626. The van der Waals surface area contributed by atoms with Gasteiger partial charge < -0.3 is 5.11 Å². The predicted molar refractivity (Wildman–Crippen MR) is 66.9 cm³/mol. The van der Waals surface area contributed by atoms with Crippen LogP contribution in [-0.2, 0) is 6.18 Å². The Morgan fingerprint density at radius 2 is 1.52 bits per heavy atom. The monoisotopic (exact) mass is 322 g/mol. The highest BCUT2D eigenvalue weighted by Crippen LogP contribution is 2.38. The maximum Gasteiger partial charge on any atom is 0.416 e. The molecule has 2 aromatic rings. The van der Waals surface area contributed by atoms with Crippen molar-refractivity contribution in [2.24, 2.45) is 0 Å². The summed E-state index contributed by atoms with van der Waals surface area (Å²) in [4.78, 5) is 0. The molecule has 1 unspecified atom stereocenters. The van der Waals surface area contributed by atoms with E-state index < -0.39 is 35.0 Å². The van der Waals surface area contributed by atoms with Crippen LogP contribution in [0, 0.1) is 11.6 Å². The zero-order valence-electron chi connectivity index (χ0n) is 10.3. The van der Waals surface area contributed by atoms with Gasteiger partial charge in [-0.3, -0.25) is 0 Å². The Balaban J connectivity index is 2.56. The lowest BCUT2D eigenvalue weighted by Gasteiger charge is -2.18. The molecule has 21 heavy (non-hydrogen) atoms. The zero-order chi connectivity index (χ0) is 15.8. The maximum atomic E-state index is 13.2. The van der Waals surface area contributed by atoms with Crippen LogP contribution in [0.25, 0.3) is 0 Å². The molecular formula is C14H8ClF5O. The SMILES string of the molecule is OC(c1cc(F)c(F)cc1Cl)c1ccccc1C(F)(F)F. The molecule has 0 radical (unpaired) electrons. The van der Waals surface area contributed by atoms with Gasteiger partial charge >= 0.3 is 6.18 Å². The number of benzene rings is 2. The zero-order valence-corrected chi connectivity index (χ0v) is 11.0. The Bertz CT molecular complexity index is 669. The molecule has 0 spiro atoms. The third-order valence-corrected chi connectivity index (χ3v) is 3.22. The van der Waals surface area contributed by atoms with Crippen molar-refractivity contribution < 1.29 is 27.1 Å². The molecule has 1 nitrogen and oxygen atoms in total. The van der Waals surface area contributed by atoms with E-state index in [4.69, 9.17) is 11.6 Å². The molecule has 1 N–H and O–H groups in total. The second-order valence-corrected chi connectivity index (χ2v) is 4.68. The van der Waals surface area contributed by atoms with Crippen LogP contribution in [-0.4, -0.2) is 5.11 Å². The first-order chi connectivity index (χ1) is 9.71. The van der Waals surface area contributed by atoms with Crippen molar-refractivity contribution in [3.8, 4) is 0 Å². The molecule has 0 saturated carbocycles. The Hall–Kier alpha value is -1.66. The van der Waals surface area contributed by atoms with E-state index in [9.17, 15) is 27.1 Å². The van der Waals surface area contributed by atoms with Crippen molar-refractivity contribution in [1.29, 1.82) is 0 Å². The number of halogens is 6. The van der Waals surface area contributed by atoms with Gasteiger partial charge in [0.05, 0.1) is 5.56 Å². The van der Waals surface area contributed by atoms with Crippen molar-refractivity contribution in [2.75, 3.05) is 0 Å². The Morgan fingerprint density at radius 1 is 0.952 bits per heavy atom. The third-order valence-electron chi connectivity index (χ3n) is 2.89. The van der Waals surface area contributed by atoms with Crippen LogP contribution in [0.5, 0.6) is 0 Å². The summed E-state index contributed by atoms with van der Waals surface area (Å²) in [6.07, 6.45) is -6.52. The van der Waals surface area contributed by atoms with E-state index in [0.29, 0.717) is 12.1 Å². The van der Waals surface area contributed by atoms with Crippen LogP contribution in [0.15, 0.2) is 36.4 Å². The van der Waals surface area contributed by atoms with Gasteiger partial charge in [0.25, 0.3) is 0 Å². The third kappa shape index (κ3) is 3.16. The first-order valence-corrected chi connectivity index (χ1v) is 6.08. The van der Waals surface area contributed by atoms with E-state index in [1.807, 2.05) is 0 Å². The predicted octanol–water partition coefficient (Wildman–Crippen LogP) is 4.72. The lowest BCUT2D eigenvalue weighted by Crippen LogP contribution is -2.13. The molecule has 2 aromatic carbocycles. The van der Waals surface area contributed by atoms with Gasteiger partial charge in [-0.2, -0.15) is 13.2 Å². The normalized spacial score (nSPS) is 13.3. The van der Waals surface area contributed by atoms with Gasteiger partial charge in [0.1, 0.15) is 6.10 Å². The van der Waals surface area contributed by atoms with Gasteiger partial charge in [-0.05, 0) is 23.8 Å². The number of alkyl halides is 3. The molecule has 112 valence electrons. The summed E-state index contributed by atoms with van der Waals surface area (Å²) < 4.78 is 64.8. The summed E-state index contributed by atoms with van der Waals surface area (Å²) in [6.45, 7) is 0. The van der Waals surface area contributed by atoms with Crippen LogP contribution >= 0.6 is 11.6 Å². The molecule has 0 bridgehead atoms. The molecule has 0 aliphatic carbocycles. The second kappa shape index (κ2) is 5.61. The molecule has 0 aliphatic heterocycles. The van der Waals surface area contributed by atoms with Crippen molar-refractivity contribution in [3.63, 3.8) is 0 Å². The summed E-state index contributed by atoms with van der Waals surface area (Å²) in [6, 6.07) is 5.46. The molecule has 2 rings (SSSR count). The van der Waals surface area contributed by atoms with Crippen molar-refractivity contribution in [2.45, 2.75) is 12.3 Å². The molecule has 0 aromatic heterocycles. The van der Waals surface area contributed by atoms with E-state index in [1.165, 1.54) is 6.07 Å². The molecule has 0 aliphatic rings. The van der Waals surface area contributed by atoms with Crippen LogP contribution in [0.4, 0.5) is 22.0 Å². The van der Waals surface area contributed by atoms with Gasteiger partial charge in [-0.25, -0.2) is 8.78 Å². The smallest absolute Gasteiger partial charge is 0.384 e. The minimum atomic E-state index is -4.69. The van der Waals surface area contributed by atoms with Gasteiger partial charge in [-0.15, -0.1) is 0 Å². The highest BCUT2D eigenvalue weighted by atomic mass is 35.5. The van der Waals surface area contributed by atoms with E-state index in [1.54, 1.807) is 0 Å². The van der Waals surface area contributed by atoms with Crippen LogP contribution in [0.3, 0.4) is 0 Å². The van der Waals surface area contributed by atoms with Crippen molar-refractivity contribution >= 4 is 11.6 Å². The molecule has 0 heterocycles. The minimum absolute atomic E-state index is 0.340. The first kappa shape index (κ1) is 15.7. The van der Waals surface area contributed by atoms with Crippen LogP contribution in [0.2, 0.25) is 5.02 Å². The molecule has 7 heteroatoms. The maximum absolute atomic E-state index is 13.2. The Labute approximate surface area is 121 Å². The lowest BCUT2D eigenvalue weighted by atomic mass is 9.96. The summed E-state index contributed by atoms with van der Waals surface area (Å²) in [5.41, 5.74) is -1.90. The van der Waals surface area contributed by atoms with E-state index in [-0.39, 0.29) is 10.6 Å². The molecular weight excluding hydrogens is 315 g/mol. The summed E-state index contributed by atoms with van der Waals surface area (Å²) in [5.74, 6) is -2.56. The topological polar surface area (TPSA) is 20.2 Å². The summed E-state index contributed by atoms with van der Waals surface area (Å²) in [5, 5.41) is 9.70. The van der Waals surface area contributed by atoms with Gasteiger partial charge in [0, 0.05) is 10.6 Å². The van der Waals surface area contributed by atoms with Gasteiger partial charge in [0.15, 0.2) is 11.6 Å².